The molecule has 9 nitrogen and oxygen atoms in total. The molecule has 0 heterocycles. The van der Waals surface area contributed by atoms with Gasteiger partial charge in [0.2, 0.25) is 13.8 Å². The van der Waals surface area contributed by atoms with Gasteiger partial charge < -0.3 is 5.34 Å². The van der Waals surface area contributed by atoms with Gasteiger partial charge in [0, 0.05) is 10.5 Å². The second kappa shape index (κ2) is 6.60. The molecule has 3 N–H and O–H groups in total. The lowest BCUT2D eigenvalue weighted by Gasteiger charge is -2.16. The van der Waals surface area contributed by atoms with Gasteiger partial charge in [-0.15, -0.1) is 4.33 Å². The van der Waals surface area contributed by atoms with Crippen LogP contribution in [-0.4, -0.2) is 37.7 Å². The van der Waals surface area contributed by atoms with Crippen LogP contribution in [0.4, 0.5) is 0 Å². The molecule has 1 aromatic carbocycles. The first-order valence-corrected chi connectivity index (χ1v) is 7.84. The van der Waals surface area contributed by atoms with Gasteiger partial charge in [0.1, 0.15) is 4.91 Å². The number of Topliss-reactive ketones (excluding diaryl/α,β-unsaturated/α-hetero) is 1. The SMILES string of the molecule is BN/N=C1\C(=O)c2ccc(SOOO)cc2C=C1S(=O)(=O)O. The summed E-state index contributed by atoms with van der Waals surface area (Å²) in [5.41, 5.74) is 0.0442. The lowest BCUT2D eigenvalue weighted by molar-refractivity contribution is -0.432. The number of hydrogen-bond donors (Lipinski definition) is 3. The van der Waals surface area contributed by atoms with Crippen LogP contribution in [0.1, 0.15) is 15.9 Å². The summed E-state index contributed by atoms with van der Waals surface area (Å²) < 4.78 is 36.4. The average molecular weight is 344 g/mol. The van der Waals surface area contributed by atoms with E-state index in [4.69, 9.17) is 5.26 Å². The second-order valence-electron chi connectivity index (χ2n) is 3.97. The van der Waals surface area contributed by atoms with Crippen LogP contribution in [0.25, 0.3) is 6.08 Å². The molecule has 116 valence electrons. The third-order valence-electron chi connectivity index (χ3n) is 2.66. The fourth-order valence-corrected chi connectivity index (χ4v) is 2.90. The van der Waals surface area contributed by atoms with Crippen molar-refractivity contribution in [1.82, 2.24) is 5.34 Å². The third kappa shape index (κ3) is 3.37. The summed E-state index contributed by atoms with van der Waals surface area (Å²) in [6, 6.07) is 4.37. The van der Waals surface area contributed by atoms with E-state index in [1.807, 2.05) is 0 Å². The van der Waals surface area contributed by atoms with Crippen LogP contribution in [-0.2, 0) is 19.5 Å². The van der Waals surface area contributed by atoms with E-state index in [1.54, 1.807) is 0 Å². The normalized spacial score (nSPS) is 16.4. The molecule has 0 radical (unpaired) electrons. The first-order chi connectivity index (χ1) is 10.4. The Bertz CT molecular complexity index is 775. The van der Waals surface area contributed by atoms with Crippen molar-refractivity contribution in [3.63, 3.8) is 0 Å². The maximum absolute atomic E-state index is 12.3. The predicted octanol–water partition coefficient (Wildman–Crippen LogP) is 0.0336. The smallest absolute Gasteiger partial charge is 0.296 e. The van der Waals surface area contributed by atoms with Crippen molar-refractivity contribution >= 4 is 47.7 Å². The van der Waals surface area contributed by atoms with Crippen molar-refractivity contribution in [1.29, 1.82) is 0 Å². The van der Waals surface area contributed by atoms with E-state index in [-0.39, 0.29) is 11.1 Å². The number of allylic oxidation sites excluding steroid dienone is 1. The zero-order valence-electron chi connectivity index (χ0n) is 11.0. The minimum atomic E-state index is -4.64. The highest BCUT2D eigenvalue weighted by Gasteiger charge is 2.32. The number of hydrazone groups is 1. The Balaban J connectivity index is 2.58. The summed E-state index contributed by atoms with van der Waals surface area (Å²) in [5, 5.41) is 17.5. The van der Waals surface area contributed by atoms with Gasteiger partial charge in [-0.1, -0.05) is 5.04 Å². The van der Waals surface area contributed by atoms with Gasteiger partial charge in [-0.25, -0.2) is 5.26 Å². The van der Waals surface area contributed by atoms with Crippen molar-refractivity contribution in [3.05, 3.63) is 34.2 Å². The molecule has 0 aliphatic heterocycles. The molecule has 12 heteroatoms. The van der Waals surface area contributed by atoms with Crippen LogP contribution < -0.4 is 5.34 Å². The monoisotopic (exact) mass is 344 g/mol. The summed E-state index contributed by atoms with van der Waals surface area (Å²) in [6.45, 7) is 0. The molecule has 0 bridgehead atoms. The van der Waals surface area contributed by atoms with Crippen LogP contribution >= 0.6 is 12.0 Å². The maximum Gasteiger partial charge on any atom is 0.296 e. The maximum atomic E-state index is 12.3. The zero-order valence-corrected chi connectivity index (χ0v) is 12.6. The molecule has 2 rings (SSSR count). The van der Waals surface area contributed by atoms with E-state index in [0.29, 0.717) is 16.9 Å². The van der Waals surface area contributed by atoms with Crippen LogP contribution in [0.2, 0.25) is 0 Å². The molecular weight excluding hydrogens is 335 g/mol. The van der Waals surface area contributed by atoms with Gasteiger partial charge in [-0.2, -0.15) is 13.5 Å². The standard InChI is InChI=1S/C10H9BN2O7S2/c11-13-12-9-8(22(16,17)18)4-5-3-6(21-20-19-15)1-2-7(5)10(9)14/h1-4,13,15H,11H2,(H,16,17,18)/b12-9-. The molecule has 0 fully saturated rings. The van der Waals surface area contributed by atoms with E-state index in [2.05, 4.69) is 19.8 Å². The fraction of sp³-hybridized carbons (Fsp3) is 0. The number of hydrogen-bond acceptors (Lipinski definition) is 9. The summed E-state index contributed by atoms with van der Waals surface area (Å²) in [7, 11) is -3.24. The van der Waals surface area contributed by atoms with E-state index in [0.717, 1.165) is 6.08 Å². The number of carbonyl (C=O) groups excluding carboxylic acids is 1. The molecule has 0 aromatic heterocycles. The molecule has 1 aromatic rings. The quantitative estimate of drug-likeness (QED) is 0.222. The summed E-state index contributed by atoms with van der Waals surface area (Å²) in [5.74, 6) is -0.657. The van der Waals surface area contributed by atoms with Gasteiger partial charge in [0.05, 0.1) is 12.0 Å². The van der Waals surface area contributed by atoms with Crippen molar-refractivity contribution in [2.24, 2.45) is 5.10 Å². The Labute approximate surface area is 130 Å². The highest BCUT2D eigenvalue weighted by Crippen LogP contribution is 2.29. The number of ketones is 1. The van der Waals surface area contributed by atoms with Crippen molar-refractivity contribution in [3.8, 4) is 0 Å². The third-order valence-corrected chi connectivity index (χ3v) is 4.11. The van der Waals surface area contributed by atoms with Gasteiger partial charge in [0.25, 0.3) is 10.1 Å². The molecule has 1 aliphatic carbocycles. The summed E-state index contributed by atoms with van der Waals surface area (Å²) in [6.07, 6.45) is 1.12. The Kier molecular flexibility index (Phi) is 5.00. The molecular formula is C10H9BN2O7S2. The Morgan fingerprint density at radius 2 is 2.09 bits per heavy atom. The molecule has 0 amide bonds. The summed E-state index contributed by atoms with van der Waals surface area (Å²) in [4.78, 5) is 12.1. The molecule has 0 spiro atoms. The number of benzene rings is 1. The van der Waals surface area contributed by atoms with Gasteiger partial charge >= 0.3 is 0 Å². The lowest BCUT2D eigenvalue weighted by Crippen LogP contribution is -2.28. The van der Waals surface area contributed by atoms with Crippen LogP contribution in [0.3, 0.4) is 0 Å². The van der Waals surface area contributed by atoms with E-state index < -0.39 is 26.5 Å². The number of rotatable bonds is 5. The Hall–Kier alpha value is -1.70. The number of carbonyl (C=O) groups is 1. The van der Waals surface area contributed by atoms with Crippen molar-refractivity contribution < 1.29 is 32.4 Å². The topological polar surface area (TPSA) is 135 Å². The lowest BCUT2D eigenvalue weighted by atomic mass is 9.95. The second-order valence-corrected chi connectivity index (χ2v) is 6.14. The van der Waals surface area contributed by atoms with Crippen LogP contribution in [0.5, 0.6) is 0 Å². The number of nitrogens with zero attached hydrogens (tertiary/aromatic N) is 1. The first kappa shape index (κ1) is 16.7. The average Bonchev–Trinajstić information content (AvgIpc) is 2.46. The minimum absolute atomic E-state index is 0.204. The Morgan fingerprint density at radius 1 is 1.36 bits per heavy atom. The van der Waals surface area contributed by atoms with Gasteiger partial charge in [-0.05, 0) is 29.8 Å². The van der Waals surface area contributed by atoms with E-state index >= 15 is 0 Å². The molecule has 0 saturated heterocycles. The van der Waals surface area contributed by atoms with Crippen molar-refractivity contribution in [2.75, 3.05) is 0 Å². The summed E-state index contributed by atoms with van der Waals surface area (Å²) >= 11 is 0.647. The number of fused-ring (bicyclic) bond motifs is 1. The van der Waals surface area contributed by atoms with Crippen molar-refractivity contribution in [2.45, 2.75) is 4.90 Å². The van der Waals surface area contributed by atoms with Gasteiger partial charge in [0.15, 0.2) is 5.71 Å². The fourth-order valence-electron chi connectivity index (χ4n) is 1.84. The van der Waals surface area contributed by atoms with Crippen LogP contribution in [0, 0.1) is 0 Å². The minimum Gasteiger partial charge on any atom is -0.361 e. The first-order valence-electron chi connectivity index (χ1n) is 5.66. The van der Waals surface area contributed by atoms with Crippen LogP contribution in [0.15, 0.2) is 33.1 Å². The van der Waals surface area contributed by atoms with Gasteiger partial charge in [-0.3, -0.25) is 9.35 Å². The largest absolute Gasteiger partial charge is 0.361 e. The molecule has 0 saturated carbocycles. The molecule has 0 atom stereocenters. The zero-order chi connectivity index (χ0) is 16.3. The molecule has 0 unspecified atom stereocenters. The number of nitrogens with one attached hydrogen (secondary N) is 1. The molecule has 1 aliphatic rings. The molecule has 22 heavy (non-hydrogen) atoms. The highest BCUT2D eigenvalue weighted by atomic mass is 32.2. The van der Waals surface area contributed by atoms with E-state index in [1.165, 1.54) is 26.2 Å². The Morgan fingerprint density at radius 3 is 2.68 bits per heavy atom. The van der Waals surface area contributed by atoms with E-state index in [9.17, 15) is 17.8 Å². The predicted molar refractivity (Wildman–Crippen MR) is 80.1 cm³/mol. The highest BCUT2D eigenvalue weighted by molar-refractivity contribution is 7.94.